The second kappa shape index (κ2) is 22.4. The molecule has 1 heteroatoms. The number of hydrogen-bond donors (Lipinski definition) is 0. The van der Waals surface area contributed by atoms with Gasteiger partial charge in [-0.2, -0.15) is 6.92 Å². The molecule has 0 aliphatic heterocycles. The van der Waals surface area contributed by atoms with Gasteiger partial charge in [0, 0.05) is 18.6 Å². The second-order valence-corrected chi connectivity index (χ2v) is 1.86. The van der Waals surface area contributed by atoms with Crippen LogP contribution in [0.2, 0.25) is 0 Å². The van der Waals surface area contributed by atoms with Crippen molar-refractivity contribution in [3.05, 3.63) is 43.3 Å². The molecular weight excluding hydrogens is 183 g/mol. The monoisotopic (exact) mass is 202 g/mol. The van der Waals surface area contributed by atoms with Crippen LogP contribution in [0.15, 0.2) is 36.4 Å². The van der Waals surface area contributed by atoms with E-state index >= 15 is 0 Å². The molecule has 1 aromatic rings. The van der Waals surface area contributed by atoms with Crippen LogP contribution in [0.1, 0.15) is 27.2 Å². The van der Waals surface area contributed by atoms with Gasteiger partial charge < -0.3 is 6.92 Å². The normalized spacial score (nSPS) is 6.00. The molecule has 0 heterocycles. The fraction of sp³-hybridized carbons (Fsp3) is 0.364. The molecule has 0 fully saturated rings. The molecule has 0 aliphatic rings. The maximum atomic E-state index is 3.25. The van der Waals surface area contributed by atoms with Crippen LogP contribution in [-0.4, -0.2) is 0 Å². The van der Waals surface area contributed by atoms with E-state index in [9.17, 15) is 0 Å². The van der Waals surface area contributed by atoms with Crippen molar-refractivity contribution in [2.45, 2.75) is 27.2 Å². The Labute approximate surface area is 89.3 Å². The Hall–Kier alpha value is -0.196. The van der Waals surface area contributed by atoms with Crippen molar-refractivity contribution < 1.29 is 18.6 Å². The Balaban J connectivity index is -0.000000119. The van der Waals surface area contributed by atoms with Gasteiger partial charge in [-0.3, -0.25) is 0 Å². The van der Waals surface area contributed by atoms with Gasteiger partial charge in [-0.25, -0.2) is 0 Å². The van der Waals surface area contributed by atoms with Gasteiger partial charge in [-0.05, 0) is 0 Å². The summed E-state index contributed by atoms with van der Waals surface area (Å²) in [5, 5.41) is 0. The van der Waals surface area contributed by atoms with Crippen LogP contribution in [0, 0.1) is 6.92 Å². The second-order valence-electron chi connectivity index (χ2n) is 1.86. The molecule has 0 saturated carbocycles. The SMILES string of the molecule is CCC.[CH2-]C.[V].c1ccccc1. The van der Waals surface area contributed by atoms with Crippen molar-refractivity contribution in [3.8, 4) is 0 Å². The molecule has 1 radical (unpaired) electrons. The molecular formula is C11H19V-. The molecule has 12 heavy (non-hydrogen) atoms. The first-order valence-corrected chi connectivity index (χ1v) is 4.12. The smallest absolute Gasteiger partial charge is 0 e. The molecule has 0 nitrogen and oxygen atoms in total. The predicted octanol–water partition coefficient (Wildman–Crippen LogP) is 3.94. The molecule has 1 aromatic carbocycles. The van der Waals surface area contributed by atoms with E-state index in [1.165, 1.54) is 6.42 Å². The summed E-state index contributed by atoms with van der Waals surface area (Å²) >= 11 is 0. The topological polar surface area (TPSA) is 0 Å². The Morgan fingerprint density at radius 1 is 0.750 bits per heavy atom. The van der Waals surface area contributed by atoms with E-state index in [0.29, 0.717) is 0 Å². The number of rotatable bonds is 0. The van der Waals surface area contributed by atoms with Crippen LogP contribution < -0.4 is 0 Å². The van der Waals surface area contributed by atoms with Gasteiger partial charge in [0.2, 0.25) is 0 Å². The fourth-order valence-electron chi connectivity index (χ4n) is 0.385. The summed E-state index contributed by atoms with van der Waals surface area (Å²) in [6, 6.07) is 12.0. The van der Waals surface area contributed by atoms with Gasteiger partial charge in [0.05, 0.1) is 0 Å². The van der Waals surface area contributed by atoms with E-state index < -0.39 is 0 Å². The third-order valence-electron chi connectivity index (χ3n) is 0.667. The van der Waals surface area contributed by atoms with Gasteiger partial charge in [-0.15, -0.1) is 0 Å². The molecule has 0 aromatic heterocycles. The van der Waals surface area contributed by atoms with E-state index in [-0.39, 0.29) is 18.6 Å². The minimum absolute atomic E-state index is 0. The van der Waals surface area contributed by atoms with E-state index in [1.54, 1.807) is 6.92 Å². The largest absolute Gasteiger partial charge is 0.346 e. The number of benzene rings is 1. The first kappa shape index (κ1) is 17.8. The summed E-state index contributed by atoms with van der Waals surface area (Å²) in [6.45, 7) is 9.25. The van der Waals surface area contributed by atoms with Crippen LogP contribution in [0.4, 0.5) is 0 Å². The molecule has 0 unspecified atom stereocenters. The average Bonchev–Trinajstić information content (AvgIpc) is 2.12. The molecule has 0 spiro atoms. The summed E-state index contributed by atoms with van der Waals surface area (Å²) in [4.78, 5) is 0. The van der Waals surface area contributed by atoms with Crippen molar-refractivity contribution in [2.24, 2.45) is 0 Å². The maximum Gasteiger partial charge on any atom is 0 e. The minimum atomic E-state index is 0. The average molecular weight is 202 g/mol. The van der Waals surface area contributed by atoms with E-state index in [4.69, 9.17) is 0 Å². The quantitative estimate of drug-likeness (QED) is 0.559. The fourth-order valence-corrected chi connectivity index (χ4v) is 0.385. The van der Waals surface area contributed by atoms with Crippen molar-refractivity contribution in [1.82, 2.24) is 0 Å². The summed E-state index contributed by atoms with van der Waals surface area (Å²) in [6.07, 6.45) is 1.25. The van der Waals surface area contributed by atoms with Crippen LogP contribution in [0.5, 0.6) is 0 Å². The summed E-state index contributed by atoms with van der Waals surface area (Å²) < 4.78 is 0. The number of hydrogen-bond acceptors (Lipinski definition) is 0. The zero-order valence-electron chi connectivity index (χ0n) is 8.33. The molecule has 69 valence electrons. The molecule has 0 amide bonds. The van der Waals surface area contributed by atoms with E-state index in [1.807, 2.05) is 36.4 Å². The maximum absolute atomic E-state index is 3.25. The van der Waals surface area contributed by atoms with Crippen LogP contribution >= 0.6 is 0 Å². The minimum Gasteiger partial charge on any atom is -0.346 e. The summed E-state index contributed by atoms with van der Waals surface area (Å²) in [5.74, 6) is 0. The van der Waals surface area contributed by atoms with Crippen LogP contribution in [0.3, 0.4) is 0 Å². The Morgan fingerprint density at radius 2 is 0.833 bits per heavy atom. The zero-order chi connectivity index (χ0) is 8.95. The van der Waals surface area contributed by atoms with Crippen LogP contribution in [0.25, 0.3) is 0 Å². The van der Waals surface area contributed by atoms with Gasteiger partial charge in [-0.1, -0.05) is 56.7 Å². The standard InChI is InChI=1S/C6H6.C3H8.C2H5.V/c1-2-4-6-5-3-1;1-3-2;1-2;/h1-6H;3H2,1-2H3;1H2,2H3;/q;;-1;. The van der Waals surface area contributed by atoms with Gasteiger partial charge in [0.1, 0.15) is 0 Å². The van der Waals surface area contributed by atoms with Crippen molar-refractivity contribution in [3.63, 3.8) is 0 Å². The molecule has 0 N–H and O–H groups in total. The Bertz CT molecular complexity index is 87.9. The molecule has 0 bridgehead atoms. The van der Waals surface area contributed by atoms with Gasteiger partial charge in [0.15, 0.2) is 0 Å². The summed E-state index contributed by atoms with van der Waals surface area (Å²) in [7, 11) is 0. The van der Waals surface area contributed by atoms with E-state index in [2.05, 4.69) is 20.8 Å². The van der Waals surface area contributed by atoms with Gasteiger partial charge >= 0.3 is 0 Å². The Kier molecular flexibility index (Phi) is 33.2. The van der Waals surface area contributed by atoms with Crippen LogP contribution in [-0.2, 0) is 18.6 Å². The predicted molar refractivity (Wildman–Crippen MR) is 53.4 cm³/mol. The Morgan fingerprint density at radius 3 is 0.917 bits per heavy atom. The molecule has 0 saturated heterocycles. The van der Waals surface area contributed by atoms with Gasteiger partial charge in [0.25, 0.3) is 0 Å². The van der Waals surface area contributed by atoms with Crippen molar-refractivity contribution in [2.75, 3.05) is 0 Å². The first-order valence-electron chi connectivity index (χ1n) is 4.12. The van der Waals surface area contributed by atoms with Crippen molar-refractivity contribution in [1.29, 1.82) is 0 Å². The zero-order valence-corrected chi connectivity index (χ0v) is 9.72. The molecule has 0 aliphatic carbocycles. The van der Waals surface area contributed by atoms with E-state index in [0.717, 1.165) is 0 Å². The summed E-state index contributed by atoms with van der Waals surface area (Å²) in [5.41, 5.74) is 0. The van der Waals surface area contributed by atoms with Crippen molar-refractivity contribution >= 4 is 0 Å². The first-order chi connectivity index (χ1) is 5.41. The molecule has 1 rings (SSSR count). The third kappa shape index (κ3) is 22.6. The molecule has 0 atom stereocenters. The third-order valence-corrected chi connectivity index (χ3v) is 0.667.